The number of hydrogen-bond donors (Lipinski definition) is 2. The molecule has 17 heavy (non-hydrogen) atoms. The number of hydrogen-bond acceptors (Lipinski definition) is 3. The van der Waals surface area contributed by atoms with Crippen LogP contribution in [0.2, 0.25) is 0 Å². The van der Waals surface area contributed by atoms with Crippen molar-refractivity contribution in [1.82, 2.24) is 4.90 Å². The first-order chi connectivity index (χ1) is 8.07. The molecule has 0 saturated heterocycles. The fraction of sp³-hybridized carbons (Fsp3) is 0.308. The Labute approximate surface area is 101 Å². The number of phenolic OH excluding ortho intramolecular Hbond substituents is 1. The first-order valence-electron chi connectivity index (χ1n) is 5.51. The molecule has 0 bridgehead atoms. The van der Waals surface area contributed by atoms with Crippen LogP contribution in [-0.4, -0.2) is 29.5 Å². The summed E-state index contributed by atoms with van der Waals surface area (Å²) in [6, 6.07) is 4.78. The van der Waals surface area contributed by atoms with Gasteiger partial charge in [0.25, 0.3) is 5.91 Å². The number of phenols is 1. The fourth-order valence-corrected chi connectivity index (χ4v) is 1.51. The summed E-state index contributed by atoms with van der Waals surface area (Å²) in [4.78, 5) is 13.6. The predicted octanol–water partition coefficient (Wildman–Crippen LogP) is 2.01. The number of anilines is 1. The number of para-hydroxylation sites is 1. The van der Waals surface area contributed by atoms with Crippen LogP contribution in [0.1, 0.15) is 23.2 Å². The zero-order valence-electron chi connectivity index (χ0n) is 10.0. The number of benzene rings is 1. The Morgan fingerprint density at radius 1 is 1.59 bits per heavy atom. The summed E-state index contributed by atoms with van der Waals surface area (Å²) in [6.07, 6.45) is 3.53. The van der Waals surface area contributed by atoms with Gasteiger partial charge in [-0.1, -0.05) is 12.1 Å². The Balaban J connectivity index is 2.75. The number of aromatic hydroxyl groups is 1. The number of unbranched alkanes of at least 4 members (excludes halogenated alkanes) is 1. The maximum Gasteiger partial charge on any atom is 0.257 e. The Morgan fingerprint density at radius 3 is 2.94 bits per heavy atom. The van der Waals surface area contributed by atoms with Crippen LogP contribution in [0.25, 0.3) is 0 Å². The zero-order valence-corrected chi connectivity index (χ0v) is 10.0. The van der Waals surface area contributed by atoms with E-state index < -0.39 is 0 Å². The lowest BCUT2D eigenvalue weighted by molar-refractivity contribution is 0.0791. The van der Waals surface area contributed by atoms with Crippen molar-refractivity contribution in [3.63, 3.8) is 0 Å². The SMILES string of the molecule is C=CCCCN(C)C(=O)c1cccc(N)c1O. The standard InChI is InChI=1S/C13H18N2O2/c1-3-4-5-9-15(2)13(17)10-7-6-8-11(14)12(10)16/h3,6-8,16H,1,4-5,9,14H2,2H3. The third kappa shape index (κ3) is 3.24. The summed E-state index contributed by atoms with van der Waals surface area (Å²) in [6.45, 7) is 4.25. The Hall–Kier alpha value is -1.97. The molecule has 1 rings (SSSR count). The largest absolute Gasteiger partial charge is 0.505 e. The van der Waals surface area contributed by atoms with E-state index in [0.29, 0.717) is 6.54 Å². The van der Waals surface area contributed by atoms with Crippen LogP contribution in [0.4, 0.5) is 5.69 Å². The van der Waals surface area contributed by atoms with Gasteiger partial charge in [-0.3, -0.25) is 4.79 Å². The maximum absolute atomic E-state index is 12.0. The molecule has 0 aliphatic rings. The topological polar surface area (TPSA) is 66.6 Å². The number of nitrogens with two attached hydrogens (primary N) is 1. The molecule has 0 aliphatic carbocycles. The van der Waals surface area contributed by atoms with Crippen molar-refractivity contribution in [3.8, 4) is 5.75 Å². The molecule has 4 nitrogen and oxygen atoms in total. The van der Waals surface area contributed by atoms with Crippen LogP contribution < -0.4 is 5.73 Å². The van der Waals surface area contributed by atoms with Gasteiger partial charge in [-0.2, -0.15) is 0 Å². The van der Waals surface area contributed by atoms with Gasteiger partial charge in [0.15, 0.2) is 5.75 Å². The van der Waals surface area contributed by atoms with Crippen LogP contribution >= 0.6 is 0 Å². The summed E-state index contributed by atoms with van der Waals surface area (Å²) in [7, 11) is 1.70. The van der Waals surface area contributed by atoms with Crippen LogP contribution in [0.5, 0.6) is 5.75 Å². The van der Waals surface area contributed by atoms with Gasteiger partial charge in [-0.05, 0) is 25.0 Å². The van der Waals surface area contributed by atoms with Crippen LogP contribution in [0, 0.1) is 0 Å². The van der Waals surface area contributed by atoms with E-state index in [1.54, 1.807) is 30.1 Å². The van der Waals surface area contributed by atoms with Crippen LogP contribution in [-0.2, 0) is 0 Å². The molecule has 0 aliphatic heterocycles. The van der Waals surface area contributed by atoms with Gasteiger partial charge in [-0.15, -0.1) is 6.58 Å². The number of rotatable bonds is 5. The summed E-state index contributed by atoms with van der Waals surface area (Å²) < 4.78 is 0. The average molecular weight is 234 g/mol. The molecule has 0 radical (unpaired) electrons. The number of nitrogens with zero attached hydrogens (tertiary/aromatic N) is 1. The second kappa shape index (κ2) is 5.94. The molecular formula is C13H18N2O2. The van der Waals surface area contributed by atoms with Gasteiger partial charge in [-0.25, -0.2) is 0 Å². The minimum Gasteiger partial charge on any atom is -0.505 e. The third-order valence-electron chi connectivity index (χ3n) is 2.55. The minimum absolute atomic E-state index is 0.145. The van der Waals surface area contributed by atoms with Gasteiger partial charge in [0.1, 0.15) is 0 Å². The molecule has 1 aromatic rings. The van der Waals surface area contributed by atoms with Crippen molar-refractivity contribution >= 4 is 11.6 Å². The molecule has 0 unspecified atom stereocenters. The summed E-state index contributed by atoms with van der Waals surface area (Å²) in [5.41, 5.74) is 6.01. The Morgan fingerprint density at radius 2 is 2.29 bits per heavy atom. The number of amides is 1. The van der Waals surface area contributed by atoms with Crippen LogP contribution in [0.15, 0.2) is 30.9 Å². The normalized spacial score (nSPS) is 9.94. The predicted molar refractivity (Wildman–Crippen MR) is 68.9 cm³/mol. The fourth-order valence-electron chi connectivity index (χ4n) is 1.51. The zero-order chi connectivity index (χ0) is 12.8. The van der Waals surface area contributed by atoms with Crippen molar-refractivity contribution in [2.75, 3.05) is 19.3 Å². The lowest BCUT2D eigenvalue weighted by Crippen LogP contribution is -2.27. The van der Waals surface area contributed by atoms with E-state index in [2.05, 4.69) is 6.58 Å². The van der Waals surface area contributed by atoms with Crippen molar-refractivity contribution in [1.29, 1.82) is 0 Å². The molecular weight excluding hydrogens is 216 g/mol. The van der Waals surface area contributed by atoms with Gasteiger partial charge < -0.3 is 15.7 Å². The Kier molecular flexibility index (Phi) is 4.57. The number of carbonyl (C=O) groups excluding carboxylic acids is 1. The molecule has 0 fully saturated rings. The summed E-state index contributed by atoms with van der Waals surface area (Å²) >= 11 is 0. The summed E-state index contributed by atoms with van der Waals surface area (Å²) in [5.74, 6) is -0.369. The monoisotopic (exact) mass is 234 g/mol. The van der Waals surface area contributed by atoms with Crippen molar-refractivity contribution < 1.29 is 9.90 Å². The number of nitrogen functional groups attached to an aromatic ring is 1. The van der Waals surface area contributed by atoms with Crippen molar-refractivity contribution in [2.45, 2.75) is 12.8 Å². The molecule has 0 aromatic heterocycles. The van der Waals surface area contributed by atoms with E-state index in [9.17, 15) is 9.90 Å². The molecule has 1 amide bonds. The van der Waals surface area contributed by atoms with Gasteiger partial charge in [0, 0.05) is 13.6 Å². The second-order valence-corrected chi connectivity index (χ2v) is 3.90. The molecule has 0 atom stereocenters. The minimum atomic E-state index is -0.223. The average Bonchev–Trinajstić information content (AvgIpc) is 2.32. The van der Waals surface area contributed by atoms with E-state index in [1.165, 1.54) is 0 Å². The van der Waals surface area contributed by atoms with Crippen molar-refractivity contribution in [3.05, 3.63) is 36.4 Å². The smallest absolute Gasteiger partial charge is 0.257 e. The number of carbonyl (C=O) groups is 1. The highest BCUT2D eigenvalue weighted by molar-refractivity contribution is 5.98. The highest BCUT2D eigenvalue weighted by Gasteiger charge is 2.16. The summed E-state index contributed by atoms with van der Waals surface area (Å²) in [5, 5.41) is 9.70. The first-order valence-corrected chi connectivity index (χ1v) is 5.51. The highest BCUT2D eigenvalue weighted by Crippen LogP contribution is 2.25. The van der Waals surface area contributed by atoms with Gasteiger partial charge in [0.2, 0.25) is 0 Å². The van der Waals surface area contributed by atoms with Crippen LogP contribution in [0.3, 0.4) is 0 Å². The lowest BCUT2D eigenvalue weighted by atomic mass is 10.1. The molecule has 0 spiro atoms. The Bertz CT molecular complexity index is 416. The van der Waals surface area contributed by atoms with E-state index in [1.807, 2.05) is 6.08 Å². The first kappa shape index (κ1) is 13.1. The molecule has 92 valence electrons. The lowest BCUT2D eigenvalue weighted by Gasteiger charge is -2.17. The highest BCUT2D eigenvalue weighted by atomic mass is 16.3. The molecule has 4 heteroatoms. The van der Waals surface area contributed by atoms with Crippen molar-refractivity contribution in [2.24, 2.45) is 0 Å². The molecule has 1 aromatic carbocycles. The van der Waals surface area contributed by atoms with Gasteiger partial charge >= 0.3 is 0 Å². The van der Waals surface area contributed by atoms with E-state index in [0.717, 1.165) is 12.8 Å². The molecule has 0 heterocycles. The maximum atomic E-state index is 12.0. The van der Waals surface area contributed by atoms with Gasteiger partial charge in [0.05, 0.1) is 11.3 Å². The third-order valence-corrected chi connectivity index (χ3v) is 2.55. The van der Waals surface area contributed by atoms with E-state index in [-0.39, 0.29) is 22.9 Å². The second-order valence-electron chi connectivity index (χ2n) is 3.90. The molecule has 0 saturated carbocycles. The van der Waals surface area contributed by atoms with E-state index >= 15 is 0 Å². The molecule has 3 N–H and O–H groups in total. The number of allylic oxidation sites excluding steroid dienone is 1. The quantitative estimate of drug-likeness (QED) is 0.354. The van der Waals surface area contributed by atoms with E-state index in [4.69, 9.17) is 5.73 Å².